The molecule has 0 bridgehead atoms. The number of halogens is 1. The number of benzene rings is 1. The third kappa shape index (κ3) is 4.00. The number of hydrogen-bond acceptors (Lipinski definition) is 5. The number of carbonyl (C=O) groups is 2. The van der Waals surface area contributed by atoms with Crippen molar-refractivity contribution < 1.29 is 18.7 Å². The normalized spacial score (nSPS) is 12.4. The van der Waals surface area contributed by atoms with Gasteiger partial charge in [0, 0.05) is 33.8 Å². The lowest BCUT2D eigenvalue weighted by atomic mass is 9.96. The van der Waals surface area contributed by atoms with Gasteiger partial charge in [-0.15, -0.1) is 0 Å². The maximum atomic E-state index is 13.7. The average Bonchev–Trinajstić information content (AvgIpc) is 3.33. The molecule has 0 aliphatic carbocycles. The minimum absolute atomic E-state index is 0.0346. The number of carbonyl (C=O) groups excluding carboxylic acids is 2. The zero-order chi connectivity index (χ0) is 24.8. The van der Waals surface area contributed by atoms with E-state index in [1.165, 1.54) is 30.0 Å². The molecule has 7 nitrogen and oxygen atoms in total. The molecule has 3 aromatic heterocycles. The summed E-state index contributed by atoms with van der Waals surface area (Å²) in [5, 5.41) is 5.01. The molecule has 0 atom stereocenters. The van der Waals surface area contributed by atoms with Crippen LogP contribution in [0.15, 0.2) is 42.6 Å². The van der Waals surface area contributed by atoms with Gasteiger partial charge in [0.15, 0.2) is 5.65 Å². The minimum atomic E-state index is -0.646. The average molecular weight is 463 g/mol. The van der Waals surface area contributed by atoms with Crippen LogP contribution in [-0.2, 0) is 9.53 Å². The predicted octanol–water partition coefficient (Wildman–Crippen LogP) is 5.51. The van der Waals surface area contributed by atoms with Gasteiger partial charge in [-0.05, 0) is 42.3 Å². The van der Waals surface area contributed by atoms with Crippen LogP contribution < -0.4 is 0 Å². The lowest BCUT2D eigenvalue weighted by Crippen LogP contribution is -2.27. The van der Waals surface area contributed by atoms with Gasteiger partial charge in [-0.1, -0.05) is 34.6 Å². The molecule has 0 saturated carbocycles. The molecule has 4 rings (SSSR count). The summed E-state index contributed by atoms with van der Waals surface area (Å²) in [6, 6.07) is 8.13. The molecule has 0 aliphatic heterocycles. The van der Waals surface area contributed by atoms with E-state index >= 15 is 0 Å². The van der Waals surface area contributed by atoms with Crippen LogP contribution in [0.25, 0.3) is 33.8 Å². The van der Waals surface area contributed by atoms with Gasteiger partial charge in [0.05, 0.1) is 24.3 Å². The van der Waals surface area contributed by atoms with Crippen LogP contribution in [0.5, 0.6) is 0 Å². The van der Waals surface area contributed by atoms with Gasteiger partial charge >= 0.3 is 5.97 Å². The Labute approximate surface area is 196 Å². The minimum Gasteiger partial charge on any atom is -0.466 e. The molecule has 1 aromatic carbocycles. The van der Waals surface area contributed by atoms with Gasteiger partial charge in [-0.25, -0.2) is 14.2 Å². The van der Waals surface area contributed by atoms with Gasteiger partial charge in [-0.2, -0.15) is 9.78 Å². The number of rotatable bonds is 4. The quantitative estimate of drug-likeness (QED) is 0.295. The molecule has 0 unspecified atom stereocenters. The van der Waals surface area contributed by atoms with E-state index in [0.717, 1.165) is 22.5 Å². The first-order chi connectivity index (χ1) is 16.0. The van der Waals surface area contributed by atoms with Crippen molar-refractivity contribution in [2.45, 2.75) is 40.5 Å². The highest BCUT2D eigenvalue weighted by Crippen LogP contribution is 2.36. The molecule has 0 amide bonds. The van der Waals surface area contributed by atoms with Crippen LogP contribution in [0.2, 0.25) is 0 Å². The van der Waals surface area contributed by atoms with Crippen LogP contribution in [0.1, 0.15) is 56.6 Å². The van der Waals surface area contributed by atoms with E-state index in [0.29, 0.717) is 16.6 Å². The molecule has 8 heteroatoms. The second-order valence-corrected chi connectivity index (χ2v) is 9.50. The molecular weight excluding hydrogens is 435 g/mol. The molecule has 176 valence electrons. The fourth-order valence-corrected chi connectivity index (χ4v) is 3.97. The number of hydrogen-bond donors (Lipinski definition) is 0. The summed E-state index contributed by atoms with van der Waals surface area (Å²) < 4.78 is 21.8. The largest absolute Gasteiger partial charge is 0.466 e. The topological polar surface area (TPSA) is 79.0 Å². The summed E-state index contributed by atoms with van der Waals surface area (Å²) in [7, 11) is 1.32. The van der Waals surface area contributed by atoms with Gasteiger partial charge in [0.25, 0.3) is 5.91 Å². The molecule has 4 aromatic rings. The van der Waals surface area contributed by atoms with E-state index < -0.39 is 11.4 Å². The standard InChI is InChI=1S/C26H27FN4O3/c1-15(2)23-19(11-12-21(32)34-6)22-20(30(23)18-9-7-17(27)8-10-18)13-16-14-28-31(24(16)29-22)25(33)26(3,4)5/h7-15H,1-6H3/b12-11+. The maximum Gasteiger partial charge on any atom is 0.330 e. The number of methoxy groups -OCH3 is 1. The Morgan fingerprint density at radius 3 is 2.41 bits per heavy atom. The molecule has 34 heavy (non-hydrogen) atoms. The van der Waals surface area contributed by atoms with Crippen LogP contribution in [0, 0.1) is 11.2 Å². The SMILES string of the molecule is COC(=O)/C=C/c1c(C(C)C)n(-c2ccc(F)cc2)c2cc3cnn(C(=O)C(C)(C)C)c3nc12. The Hall–Kier alpha value is -3.81. The van der Waals surface area contributed by atoms with Gasteiger partial charge < -0.3 is 9.30 Å². The smallest absolute Gasteiger partial charge is 0.330 e. The molecule has 0 aliphatic rings. The number of ether oxygens (including phenoxy) is 1. The Balaban J connectivity index is 2.11. The van der Waals surface area contributed by atoms with E-state index in [1.54, 1.807) is 24.4 Å². The highest BCUT2D eigenvalue weighted by molar-refractivity contribution is 6.01. The van der Waals surface area contributed by atoms with Crippen molar-refractivity contribution in [3.05, 3.63) is 59.7 Å². The fraction of sp³-hybridized carbons (Fsp3) is 0.308. The highest BCUT2D eigenvalue weighted by Gasteiger charge is 2.27. The number of nitrogens with zero attached hydrogens (tertiary/aromatic N) is 4. The van der Waals surface area contributed by atoms with Crippen molar-refractivity contribution in [2.75, 3.05) is 7.11 Å². The number of pyridine rings is 1. The van der Waals surface area contributed by atoms with Crippen LogP contribution >= 0.6 is 0 Å². The predicted molar refractivity (Wildman–Crippen MR) is 130 cm³/mol. The zero-order valence-electron chi connectivity index (χ0n) is 20.1. The number of esters is 1. The molecule has 0 spiro atoms. The van der Waals surface area contributed by atoms with Crippen LogP contribution in [-0.4, -0.2) is 38.3 Å². The van der Waals surface area contributed by atoms with Crippen molar-refractivity contribution in [3.8, 4) is 5.69 Å². The van der Waals surface area contributed by atoms with Crippen molar-refractivity contribution in [1.82, 2.24) is 19.3 Å². The Bertz CT molecular complexity index is 1440. The third-order valence-corrected chi connectivity index (χ3v) is 5.59. The Morgan fingerprint density at radius 1 is 1.15 bits per heavy atom. The van der Waals surface area contributed by atoms with E-state index in [4.69, 9.17) is 9.72 Å². The van der Waals surface area contributed by atoms with E-state index in [1.807, 2.05) is 45.3 Å². The van der Waals surface area contributed by atoms with Gasteiger partial charge in [0.2, 0.25) is 0 Å². The number of fused-ring (bicyclic) bond motifs is 2. The maximum absolute atomic E-state index is 13.7. The Kier molecular flexibility index (Phi) is 5.85. The third-order valence-electron chi connectivity index (χ3n) is 5.59. The second kappa shape index (κ2) is 8.52. The summed E-state index contributed by atoms with van der Waals surface area (Å²) in [6.45, 7) is 9.55. The van der Waals surface area contributed by atoms with Crippen LogP contribution in [0.4, 0.5) is 4.39 Å². The van der Waals surface area contributed by atoms with E-state index in [2.05, 4.69) is 5.10 Å². The Morgan fingerprint density at radius 2 is 1.82 bits per heavy atom. The summed E-state index contributed by atoms with van der Waals surface area (Å²) in [4.78, 5) is 29.8. The monoisotopic (exact) mass is 462 g/mol. The lowest BCUT2D eigenvalue weighted by molar-refractivity contribution is -0.134. The number of aromatic nitrogens is 4. The first-order valence-corrected chi connectivity index (χ1v) is 11.0. The van der Waals surface area contributed by atoms with Crippen molar-refractivity contribution >= 4 is 40.0 Å². The lowest BCUT2D eigenvalue weighted by Gasteiger charge is -2.16. The molecule has 3 heterocycles. The van der Waals surface area contributed by atoms with Crippen molar-refractivity contribution in [2.24, 2.45) is 5.41 Å². The molecule has 0 fully saturated rings. The van der Waals surface area contributed by atoms with Crippen LogP contribution in [0.3, 0.4) is 0 Å². The first kappa shape index (κ1) is 23.4. The summed E-state index contributed by atoms with van der Waals surface area (Å²) in [5.41, 5.74) is 3.52. The molecule has 0 radical (unpaired) electrons. The van der Waals surface area contributed by atoms with E-state index in [9.17, 15) is 14.0 Å². The molecule has 0 saturated heterocycles. The summed E-state index contributed by atoms with van der Waals surface area (Å²) in [6.07, 6.45) is 4.64. The van der Waals surface area contributed by atoms with Gasteiger partial charge in [0.1, 0.15) is 5.82 Å². The molecular formula is C26H27FN4O3. The summed E-state index contributed by atoms with van der Waals surface area (Å²) >= 11 is 0. The summed E-state index contributed by atoms with van der Waals surface area (Å²) in [5.74, 6) is -0.971. The van der Waals surface area contributed by atoms with Crippen molar-refractivity contribution in [1.29, 1.82) is 0 Å². The second-order valence-electron chi connectivity index (χ2n) is 9.50. The zero-order valence-corrected chi connectivity index (χ0v) is 20.1. The van der Waals surface area contributed by atoms with Crippen molar-refractivity contribution in [3.63, 3.8) is 0 Å². The molecule has 0 N–H and O–H groups in total. The van der Waals surface area contributed by atoms with Gasteiger partial charge in [-0.3, -0.25) is 4.79 Å². The fourth-order valence-electron chi connectivity index (χ4n) is 3.97. The first-order valence-electron chi connectivity index (χ1n) is 11.0. The van der Waals surface area contributed by atoms with E-state index in [-0.39, 0.29) is 17.6 Å². The highest BCUT2D eigenvalue weighted by atomic mass is 19.1.